The number of aromatic hydroxyl groups is 1. The first kappa shape index (κ1) is 20.1. The van der Waals surface area contributed by atoms with Crippen LogP contribution < -0.4 is 0 Å². The number of hydrogen-bond acceptors (Lipinski definition) is 4. The minimum Gasteiger partial charge on any atom is -0.494 e. The Labute approximate surface area is 194 Å². The lowest BCUT2D eigenvalue weighted by molar-refractivity contribution is 0.101. The number of hydrogen-bond donors (Lipinski definition) is 3. The summed E-state index contributed by atoms with van der Waals surface area (Å²) in [6.45, 7) is 0.148. The van der Waals surface area contributed by atoms with Crippen LogP contribution in [0.4, 0.5) is 0 Å². The van der Waals surface area contributed by atoms with Gasteiger partial charge in [0.05, 0.1) is 22.7 Å². The van der Waals surface area contributed by atoms with Crippen molar-refractivity contribution in [1.82, 2.24) is 4.98 Å². The number of benzene rings is 3. The second kappa shape index (κ2) is 7.24. The summed E-state index contributed by atoms with van der Waals surface area (Å²) < 4.78 is 5.74. The molecule has 6 rings (SSSR count). The van der Waals surface area contributed by atoms with Crippen molar-refractivity contribution in [2.45, 2.75) is 18.3 Å². The fourth-order valence-electron chi connectivity index (χ4n) is 4.56. The van der Waals surface area contributed by atoms with Crippen LogP contribution in [0.2, 0.25) is 5.02 Å². The number of ketones is 1. The second-order valence-electron chi connectivity index (χ2n) is 8.72. The summed E-state index contributed by atoms with van der Waals surface area (Å²) in [7, 11) is 0. The molecule has 6 heteroatoms. The summed E-state index contributed by atoms with van der Waals surface area (Å²) in [5.74, 6) is -0.471. The number of furan rings is 1. The Morgan fingerprint density at radius 1 is 1.06 bits per heavy atom. The SMILES string of the molecule is O=C(c1cc2ccccc2o1)c1c(O)[nH]c2cc(Cl)c(-c3ccc(C4(CO)CC4)cc3)cc12. The molecule has 0 aliphatic heterocycles. The van der Waals surface area contributed by atoms with E-state index < -0.39 is 5.78 Å². The van der Waals surface area contributed by atoms with Crippen LogP contribution in [0.3, 0.4) is 0 Å². The Morgan fingerprint density at radius 2 is 1.82 bits per heavy atom. The zero-order chi connectivity index (χ0) is 22.7. The minimum absolute atomic E-state index is 0.106. The van der Waals surface area contributed by atoms with Crippen LogP contribution in [0.1, 0.15) is 34.5 Å². The number of fused-ring (bicyclic) bond motifs is 2. The first-order chi connectivity index (χ1) is 16.0. The molecule has 5 aromatic rings. The lowest BCUT2D eigenvalue weighted by Gasteiger charge is -2.13. The maximum Gasteiger partial charge on any atom is 0.234 e. The molecule has 33 heavy (non-hydrogen) atoms. The van der Waals surface area contributed by atoms with Crippen LogP contribution in [-0.4, -0.2) is 27.6 Å². The van der Waals surface area contributed by atoms with Crippen LogP contribution in [0.15, 0.2) is 71.1 Å². The fraction of sp³-hybridized carbons (Fsp3) is 0.148. The molecule has 0 saturated heterocycles. The summed E-state index contributed by atoms with van der Waals surface area (Å²) in [5.41, 5.74) is 3.98. The first-order valence-electron chi connectivity index (χ1n) is 10.8. The number of halogens is 1. The highest BCUT2D eigenvalue weighted by Gasteiger charge is 2.43. The summed E-state index contributed by atoms with van der Waals surface area (Å²) in [5, 5.41) is 22.2. The van der Waals surface area contributed by atoms with Gasteiger partial charge in [-0.25, -0.2) is 0 Å². The molecule has 0 spiro atoms. The van der Waals surface area contributed by atoms with Crippen LogP contribution in [0, 0.1) is 0 Å². The number of aliphatic hydroxyl groups excluding tert-OH is 1. The van der Waals surface area contributed by atoms with E-state index in [2.05, 4.69) is 4.98 Å². The monoisotopic (exact) mass is 457 g/mol. The first-order valence-corrected chi connectivity index (χ1v) is 11.2. The van der Waals surface area contributed by atoms with Gasteiger partial charge in [0.25, 0.3) is 0 Å². The molecule has 0 atom stereocenters. The van der Waals surface area contributed by atoms with Gasteiger partial charge in [-0.3, -0.25) is 4.79 Å². The van der Waals surface area contributed by atoms with E-state index in [0.717, 1.165) is 34.9 Å². The highest BCUT2D eigenvalue weighted by atomic mass is 35.5. The lowest BCUT2D eigenvalue weighted by atomic mass is 9.94. The van der Waals surface area contributed by atoms with E-state index in [1.54, 1.807) is 18.2 Å². The third-order valence-corrected chi connectivity index (χ3v) is 7.02. The van der Waals surface area contributed by atoms with Gasteiger partial charge in [-0.2, -0.15) is 0 Å². The van der Waals surface area contributed by atoms with E-state index in [0.29, 0.717) is 21.5 Å². The van der Waals surface area contributed by atoms with E-state index in [9.17, 15) is 15.0 Å². The summed E-state index contributed by atoms with van der Waals surface area (Å²) in [4.78, 5) is 16.2. The van der Waals surface area contributed by atoms with Crippen LogP contribution in [0.25, 0.3) is 33.0 Å². The maximum absolute atomic E-state index is 13.3. The zero-order valence-corrected chi connectivity index (χ0v) is 18.3. The summed E-state index contributed by atoms with van der Waals surface area (Å²) in [6.07, 6.45) is 1.98. The molecular formula is C27H20ClNO4. The molecule has 2 heterocycles. The number of aromatic amines is 1. The molecular weight excluding hydrogens is 438 g/mol. The highest BCUT2D eigenvalue weighted by Crippen LogP contribution is 2.48. The van der Waals surface area contributed by atoms with Crippen molar-refractivity contribution in [3.05, 3.63) is 88.6 Å². The van der Waals surface area contributed by atoms with Gasteiger partial charge in [-0.05, 0) is 48.2 Å². The predicted molar refractivity (Wildman–Crippen MR) is 128 cm³/mol. The van der Waals surface area contributed by atoms with Crippen molar-refractivity contribution in [1.29, 1.82) is 0 Å². The molecule has 5 nitrogen and oxygen atoms in total. The second-order valence-corrected chi connectivity index (χ2v) is 9.13. The predicted octanol–water partition coefficient (Wildman–Crippen LogP) is 6.20. The summed E-state index contributed by atoms with van der Waals surface area (Å²) >= 11 is 6.57. The fourth-order valence-corrected chi connectivity index (χ4v) is 4.83. The Bertz CT molecular complexity index is 1510. The Hall–Kier alpha value is -3.54. The molecule has 3 aromatic carbocycles. The average Bonchev–Trinajstić information content (AvgIpc) is 3.40. The number of nitrogens with one attached hydrogen (secondary N) is 1. The van der Waals surface area contributed by atoms with Crippen molar-refractivity contribution in [3.63, 3.8) is 0 Å². The maximum atomic E-state index is 13.3. The topological polar surface area (TPSA) is 86.5 Å². The highest BCUT2D eigenvalue weighted by molar-refractivity contribution is 6.34. The van der Waals surface area contributed by atoms with E-state index >= 15 is 0 Å². The van der Waals surface area contributed by atoms with Gasteiger partial charge in [0.1, 0.15) is 5.58 Å². The van der Waals surface area contributed by atoms with Gasteiger partial charge < -0.3 is 19.6 Å². The largest absolute Gasteiger partial charge is 0.494 e. The number of carbonyl (C=O) groups is 1. The lowest BCUT2D eigenvalue weighted by Crippen LogP contribution is -2.11. The van der Waals surface area contributed by atoms with E-state index in [1.165, 1.54) is 0 Å². The third-order valence-electron chi connectivity index (χ3n) is 6.71. The quantitative estimate of drug-likeness (QED) is 0.274. The standard InChI is InChI=1S/C27H20ClNO4/c28-20-13-21-19(12-18(20)15-5-7-17(8-6-15)27(14-30)9-10-27)24(26(32)29-21)25(31)23-11-16-3-1-2-4-22(16)33-23/h1-8,11-13,29-30,32H,9-10,14H2. The zero-order valence-electron chi connectivity index (χ0n) is 17.6. The molecule has 0 amide bonds. The van der Waals surface area contributed by atoms with Gasteiger partial charge in [-0.15, -0.1) is 0 Å². The van der Waals surface area contributed by atoms with Gasteiger partial charge in [0, 0.05) is 21.8 Å². The number of para-hydroxylation sites is 1. The molecule has 164 valence electrons. The number of rotatable bonds is 5. The van der Waals surface area contributed by atoms with Gasteiger partial charge >= 0.3 is 0 Å². The van der Waals surface area contributed by atoms with Crippen molar-refractivity contribution >= 4 is 39.3 Å². The average molecular weight is 458 g/mol. The van der Waals surface area contributed by atoms with Crippen LogP contribution in [-0.2, 0) is 5.41 Å². The van der Waals surface area contributed by atoms with Crippen molar-refractivity contribution in [3.8, 4) is 17.0 Å². The smallest absolute Gasteiger partial charge is 0.234 e. The minimum atomic E-state index is -0.405. The third kappa shape index (κ3) is 3.16. The molecule has 0 unspecified atom stereocenters. The molecule has 1 saturated carbocycles. The molecule has 3 N–H and O–H groups in total. The summed E-state index contributed by atoms with van der Waals surface area (Å²) in [6, 6.07) is 20.6. The number of aliphatic hydroxyl groups is 1. The molecule has 0 bridgehead atoms. The Morgan fingerprint density at radius 3 is 2.52 bits per heavy atom. The van der Waals surface area contributed by atoms with Gasteiger partial charge in [0.2, 0.25) is 11.7 Å². The number of carbonyl (C=O) groups excluding carboxylic acids is 1. The van der Waals surface area contributed by atoms with Gasteiger partial charge in [-0.1, -0.05) is 54.1 Å². The molecule has 1 fully saturated rings. The van der Waals surface area contributed by atoms with E-state index in [-0.39, 0.29) is 29.2 Å². The molecule has 2 aromatic heterocycles. The number of aromatic nitrogens is 1. The Balaban J connectivity index is 1.44. The van der Waals surface area contributed by atoms with Gasteiger partial charge in [0.15, 0.2) is 5.76 Å². The molecule has 0 radical (unpaired) electrons. The van der Waals surface area contributed by atoms with Crippen molar-refractivity contribution < 1.29 is 19.4 Å². The van der Waals surface area contributed by atoms with Crippen molar-refractivity contribution in [2.75, 3.05) is 6.61 Å². The van der Waals surface area contributed by atoms with E-state index in [1.807, 2.05) is 48.5 Å². The molecule has 1 aliphatic carbocycles. The van der Waals surface area contributed by atoms with Crippen LogP contribution in [0.5, 0.6) is 5.88 Å². The van der Waals surface area contributed by atoms with Crippen LogP contribution >= 0.6 is 11.6 Å². The molecule has 1 aliphatic rings. The van der Waals surface area contributed by atoms with Crippen molar-refractivity contribution in [2.24, 2.45) is 0 Å². The van der Waals surface area contributed by atoms with E-state index in [4.69, 9.17) is 16.0 Å². The normalized spacial score (nSPS) is 14.7. The number of H-pyrrole nitrogens is 1. The Kier molecular flexibility index (Phi) is 4.41.